The summed E-state index contributed by atoms with van der Waals surface area (Å²) in [6.07, 6.45) is 3.62. The summed E-state index contributed by atoms with van der Waals surface area (Å²) >= 11 is 0.973. The number of guanidine groups is 1. The number of aliphatic carboxylic acids is 1. The summed E-state index contributed by atoms with van der Waals surface area (Å²) in [5, 5.41) is 13.4. The lowest BCUT2D eigenvalue weighted by Crippen LogP contribution is -2.40. The van der Waals surface area contributed by atoms with Gasteiger partial charge in [-0.05, 0) is 54.6 Å². The van der Waals surface area contributed by atoms with Gasteiger partial charge in [0.15, 0.2) is 5.96 Å². The average Bonchev–Trinajstić information content (AvgIpc) is 3.32. The van der Waals surface area contributed by atoms with Crippen molar-refractivity contribution in [2.24, 2.45) is 16.5 Å². The predicted octanol–water partition coefficient (Wildman–Crippen LogP) is 1.58. The number of pyridine rings is 1. The Balaban J connectivity index is 1.73. The van der Waals surface area contributed by atoms with Crippen LogP contribution in [0.2, 0.25) is 0 Å². The molecular formula is C24H24N6O5S2. The standard InChI is InChI=1S/C24H24N6O5S2/c25-24(26)28-12-3-7-20(23(32)33)29-22(31)21-19(10-13-36-21)30-37(34,35)18-6-1-4-16(14-18)8-9-17-5-2-11-27-15-17/h1-2,4-6,10-11,13-15,20,30H,3,7,12H2,(H,29,31)(H,32,33)(H4,25,26,28). The van der Waals surface area contributed by atoms with Crippen molar-refractivity contribution in [3.63, 3.8) is 0 Å². The van der Waals surface area contributed by atoms with Gasteiger partial charge >= 0.3 is 5.97 Å². The molecule has 0 saturated carbocycles. The van der Waals surface area contributed by atoms with Crippen LogP contribution < -0.4 is 21.5 Å². The highest BCUT2D eigenvalue weighted by molar-refractivity contribution is 7.92. The van der Waals surface area contributed by atoms with E-state index in [1.165, 1.54) is 23.6 Å². The van der Waals surface area contributed by atoms with Gasteiger partial charge in [-0.25, -0.2) is 13.2 Å². The number of benzene rings is 1. The SMILES string of the molecule is NC(N)=NCCCC(NC(=O)c1sccc1NS(=O)(=O)c1cccc(C#Cc2cccnc2)c1)C(=O)O. The van der Waals surface area contributed by atoms with Crippen LogP contribution in [0.15, 0.2) is 70.1 Å². The van der Waals surface area contributed by atoms with E-state index in [2.05, 4.69) is 31.9 Å². The largest absolute Gasteiger partial charge is 0.480 e. The highest BCUT2D eigenvalue weighted by Gasteiger charge is 2.24. The lowest BCUT2D eigenvalue weighted by molar-refractivity contribution is -0.139. The average molecular weight is 541 g/mol. The number of rotatable bonds is 10. The van der Waals surface area contributed by atoms with Crippen LogP contribution in [-0.4, -0.2) is 48.9 Å². The number of sulfonamides is 1. The third-order valence-corrected chi connectivity index (χ3v) is 7.10. The number of carbonyl (C=O) groups is 2. The number of nitrogens with one attached hydrogen (secondary N) is 2. The van der Waals surface area contributed by atoms with Crippen molar-refractivity contribution >= 4 is 44.9 Å². The Hall–Kier alpha value is -4.41. The monoisotopic (exact) mass is 540 g/mol. The number of carboxylic acid groups (broad SMARTS) is 1. The number of nitrogens with two attached hydrogens (primary N) is 2. The van der Waals surface area contributed by atoms with E-state index in [0.29, 0.717) is 17.5 Å². The summed E-state index contributed by atoms with van der Waals surface area (Å²) in [4.78, 5) is 32.1. The van der Waals surface area contributed by atoms with Gasteiger partial charge in [-0.2, -0.15) is 0 Å². The van der Waals surface area contributed by atoms with Crippen molar-refractivity contribution in [2.45, 2.75) is 23.8 Å². The molecule has 0 spiro atoms. The van der Waals surface area contributed by atoms with E-state index in [0.717, 1.165) is 11.3 Å². The van der Waals surface area contributed by atoms with Crippen molar-refractivity contribution in [3.05, 3.63) is 76.2 Å². The molecule has 2 aromatic heterocycles. The number of carbonyl (C=O) groups excluding carboxylic acids is 1. The van der Waals surface area contributed by atoms with E-state index in [1.54, 1.807) is 36.7 Å². The number of aromatic nitrogens is 1. The van der Waals surface area contributed by atoms with Crippen molar-refractivity contribution in [1.29, 1.82) is 0 Å². The van der Waals surface area contributed by atoms with Crippen molar-refractivity contribution in [2.75, 3.05) is 11.3 Å². The molecule has 7 N–H and O–H groups in total. The first-order chi connectivity index (χ1) is 17.7. The van der Waals surface area contributed by atoms with Gasteiger partial charge in [0, 0.05) is 30.1 Å². The second kappa shape index (κ2) is 12.5. The zero-order valence-electron chi connectivity index (χ0n) is 19.4. The van der Waals surface area contributed by atoms with Crippen LogP contribution in [0.4, 0.5) is 5.69 Å². The molecule has 11 nitrogen and oxygen atoms in total. The summed E-state index contributed by atoms with van der Waals surface area (Å²) in [6.45, 7) is 0.206. The molecule has 0 radical (unpaired) electrons. The van der Waals surface area contributed by atoms with Gasteiger partial charge in [-0.3, -0.25) is 19.5 Å². The minimum absolute atomic E-state index is 0.0200. The molecule has 192 valence electrons. The molecule has 0 aliphatic heterocycles. The van der Waals surface area contributed by atoms with Crippen LogP contribution in [0.5, 0.6) is 0 Å². The first kappa shape index (κ1) is 27.2. The molecule has 3 rings (SSSR count). The molecule has 3 aromatic rings. The summed E-state index contributed by atoms with van der Waals surface area (Å²) in [5.74, 6) is 3.74. The number of nitrogens with zero attached hydrogens (tertiary/aromatic N) is 2. The lowest BCUT2D eigenvalue weighted by Gasteiger charge is -2.15. The third kappa shape index (κ3) is 8.06. The molecular weight excluding hydrogens is 516 g/mol. The smallest absolute Gasteiger partial charge is 0.326 e. The maximum atomic E-state index is 13.0. The molecule has 0 bridgehead atoms. The molecule has 1 amide bonds. The van der Waals surface area contributed by atoms with Gasteiger partial charge in [0.25, 0.3) is 15.9 Å². The first-order valence-corrected chi connectivity index (χ1v) is 13.2. The van der Waals surface area contributed by atoms with E-state index in [9.17, 15) is 23.1 Å². The van der Waals surface area contributed by atoms with E-state index in [1.807, 2.05) is 0 Å². The van der Waals surface area contributed by atoms with Gasteiger partial charge in [-0.1, -0.05) is 17.9 Å². The topological polar surface area (TPSA) is 190 Å². The molecule has 13 heteroatoms. The van der Waals surface area contributed by atoms with Gasteiger partial charge < -0.3 is 21.9 Å². The first-order valence-electron chi connectivity index (χ1n) is 10.9. The molecule has 0 aliphatic carbocycles. The maximum Gasteiger partial charge on any atom is 0.326 e. The number of thiophene rings is 1. The van der Waals surface area contributed by atoms with Gasteiger partial charge in [0.2, 0.25) is 0 Å². The number of carboxylic acids is 1. The Morgan fingerprint density at radius 2 is 1.89 bits per heavy atom. The molecule has 0 fully saturated rings. The van der Waals surface area contributed by atoms with Gasteiger partial charge in [-0.15, -0.1) is 11.3 Å². The Bertz CT molecular complexity index is 1460. The molecule has 37 heavy (non-hydrogen) atoms. The predicted molar refractivity (Wildman–Crippen MR) is 141 cm³/mol. The maximum absolute atomic E-state index is 13.0. The highest BCUT2D eigenvalue weighted by Crippen LogP contribution is 2.26. The van der Waals surface area contributed by atoms with Crippen LogP contribution in [0, 0.1) is 11.8 Å². The second-order valence-corrected chi connectivity index (χ2v) is 10.2. The Labute approximate surface area is 217 Å². The number of anilines is 1. The fraction of sp³-hybridized carbons (Fsp3) is 0.167. The molecule has 1 aromatic carbocycles. The van der Waals surface area contributed by atoms with Crippen molar-refractivity contribution < 1.29 is 23.1 Å². The van der Waals surface area contributed by atoms with Crippen LogP contribution in [-0.2, 0) is 14.8 Å². The second-order valence-electron chi connectivity index (χ2n) is 7.60. The van der Waals surface area contributed by atoms with Crippen molar-refractivity contribution in [1.82, 2.24) is 10.3 Å². The summed E-state index contributed by atoms with van der Waals surface area (Å²) in [6, 6.07) is 9.79. The quantitative estimate of drug-likeness (QED) is 0.111. The Morgan fingerprint density at radius 3 is 2.59 bits per heavy atom. The number of amides is 1. The molecule has 0 aliphatic rings. The van der Waals surface area contributed by atoms with Gasteiger partial charge in [0.05, 0.1) is 10.6 Å². The fourth-order valence-corrected chi connectivity index (χ4v) is 5.01. The molecule has 1 atom stereocenters. The number of hydrogen-bond acceptors (Lipinski definition) is 7. The van der Waals surface area contributed by atoms with Gasteiger partial charge in [0.1, 0.15) is 10.9 Å². The molecule has 0 saturated heterocycles. The van der Waals surface area contributed by atoms with Crippen LogP contribution in [0.1, 0.15) is 33.6 Å². The van der Waals surface area contributed by atoms with Crippen LogP contribution >= 0.6 is 11.3 Å². The molecule has 1 unspecified atom stereocenters. The van der Waals surface area contributed by atoms with E-state index >= 15 is 0 Å². The highest BCUT2D eigenvalue weighted by atomic mass is 32.2. The zero-order chi connectivity index (χ0) is 26.8. The number of hydrogen-bond donors (Lipinski definition) is 5. The zero-order valence-corrected chi connectivity index (χ0v) is 21.1. The molecule has 2 heterocycles. The van der Waals surface area contributed by atoms with E-state index in [-0.39, 0.29) is 34.4 Å². The number of aliphatic imine (C=N–C) groups is 1. The normalized spacial score (nSPS) is 11.5. The summed E-state index contributed by atoms with van der Waals surface area (Å²) in [7, 11) is -4.07. The lowest BCUT2D eigenvalue weighted by atomic mass is 10.1. The minimum Gasteiger partial charge on any atom is -0.480 e. The summed E-state index contributed by atoms with van der Waals surface area (Å²) < 4.78 is 28.5. The van der Waals surface area contributed by atoms with Crippen LogP contribution in [0.3, 0.4) is 0 Å². The summed E-state index contributed by atoms with van der Waals surface area (Å²) in [5.41, 5.74) is 11.7. The van der Waals surface area contributed by atoms with E-state index in [4.69, 9.17) is 11.5 Å². The Morgan fingerprint density at radius 1 is 1.14 bits per heavy atom. The van der Waals surface area contributed by atoms with E-state index < -0.39 is 27.9 Å². The minimum atomic E-state index is -4.07. The fourth-order valence-electron chi connectivity index (χ4n) is 3.08. The third-order valence-electron chi connectivity index (χ3n) is 4.82. The van der Waals surface area contributed by atoms with Crippen molar-refractivity contribution in [3.8, 4) is 11.8 Å². The van der Waals surface area contributed by atoms with Crippen LogP contribution in [0.25, 0.3) is 0 Å². The Kier molecular flexibility index (Phi) is 9.20.